The number of rotatable bonds is 10. The maximum Gasteiger partial charge on any atom is 0.240 e. The normalized spacial score (nSPS) is 18.3. The maximum atomic E-state index is 12.4. The van der Waals surface area contributed by atoms with E-state index in [0.717, 1.165) is 24.9 Å². The topological polar surface area (TPSA) is 78.5 Å². The van der Waals surface area contributed by atoms with Crippen molar-refractivity contribution in [3.63, 3.8) is 0 Å². The number of amides is 1. The fraction of sp³-hybridized carbons (Fsp3) is 0.696. The Balaban J connectivity index is 1.63. The lowest BCUT2D eigenvalue weighted by atomic mass is 9.87. The van der Waals surface area contributed by atoms with Gasteiger partial charge in [0.2, 0.25) is 15.9 Å². The van der Waals surface area contributed by atoms with Crippen molar-refractivity contribution in [1.29, 1.82) is 0 Å². The van der Waals surface area contributed by atoms with Crippen molar-refractivity contribution < 1.29 is 13.2 Å². The molecular weight excluding hydrogens is 398 g/mol. The molecule has 1 aliphatic rings. The van der Waals surface area contributed by atoms with Crippen molar-refractivity contribution in [3.05, 3.63) is 29.8 Å². The van der Waals surface area contributed by atoms with Crippen molar-refractivity contribution in [1.82, 2.24) is 14.9 Å². The highest BCUT2D eigenvalue weighted by molar-refractivity contribution is 7.89. The third kappa shape index (κ3) is 8.00. The fourth-order valence-corrected chi connectivity index (χ4v) is 4.79. The molecule has 1 aliphatic heterocycles. The molecule has 0 bridgehead atoms. The van der Waals surface area contributed by atoms with Crippen molar-refractivity contribution in [2.24, 2.45) is 0 Å². The van der Waals surface area contributed by atoms with E-state index in [-0.39, 0.29) is 29.2 Å². The molecule has 1 saturated heterocycles. The van der Waals surface area contributed by atoms with Crippen molar-refractivity contribution in [2.75, 3.05) is 26.2 Å². The average molecular weight is 438 g/mol. The van der Waals surface area contributed by atoms with Gasteiger partial charge in [0.05, 0.1) is 4.90 Å². The number of unbranched alkanes of at least 4 members (excludes halogenated alkanes) is 1. The van der Waals surface area contributed by atoms with Crippen LogP contribution in [0.3, 0.4) is 0 Å². The number of carbonyl (C=O) groups is 1. The Labute approximate surface area is 182 Å². The lowest BCUT2D eigenvalue weighted by Crippen LogP contribution is -2.38. The third-order valence-corrected chi connectivity index (χ3v) is 7.29. The van der Waals surface area contributed by atoms with Gasteiger partial charge in [-0.15, -0.1) is 0 Å². The number of nitrogens with zero attached hydrogens (tertiary/aromatic N) is 1. The highest BCUT2D eigenvalue weighted by atomic mass is 32.2. The number of nitrogens with one attached hydrogen (secondary N) is 2. The predicted octanol–water partition coefficient (Wildman–Crippen LogP) is 3.42. The summed E-state index contributed by atoms with van der Waals surface area (Å²) in [5.74, 6) is -0.118. The second-order valence-electron chi connectivity index (χ2n) is 9.36. The molecule has 0 radical (unpaired) electrons. The van der Waals surface area contributed by atoms with E-state index in [9.17, 15) is 13.2 Å². The Morgan fingerprint density at radius 1 is 1.10 bits per heavy atom. The summed E-state index contributed by atoms with van der Waals surface area (Å²) in [4.78, 5) is 14.7. The minimum Gasteiger partial charge on any atom is -0.356 e. The molecule has 1 unspecified atom stereocenters. The van der Waals surface area contributed by atoms with Gasteiger partial charge in [0.1, 0.15) is 0 Å². The molecule has 1 amide bonds. The van der Waals surface area contributed by atoms with Gasteiger partial charge in [0, 0.05) is 25.6 Å². The summed E-state index contributed by atoms with van der Waals surface area (Å²) < 4.78 is 27.3. The number of benzene rings is 1. The quantitative estimate of drug-likeness (QED) is 0.550. The second kappa shape index (κ2) is 11.3. The van der Waals surface area contributed by atoms with Crippen LogP contribution in [0.25, 0.3) is 0 Å². The van der Waals surface area contributed by atoms with Crippen LogP contribution in [0.1, 0.15) is 71.8 Å². The average Bonchev–Trinajstić information content (AvgIpc) is 2.68. The molecule has 6 nitrogen and oxygen atoms in total. The summed E-state index contributed by atoms with van der Waals surface area (Å²) in [5.41, 5.74) is 1.05. The molecule has 1 aromatic rings. The van der Waals surface area contributed by atoms with Crippen molar-refractivity contribution >= 4 is 15.9 Å². The van der Waals surface area contributed by atoms with Gasteiger partial charge in [-0.25, -0.2) is 13.1 Å². The van der Waals surface area contributed by atoms with Gasteiger partial charge in [-0.3, -0.25) is 4.79 Å². The van der Waals surface area contributed by atoms with Crippen LogP contribution in [0.4, 0.5) is 0 Å². The molecule has 1 atom stereocenters. The van der Waals surface area contributed by atoms with E-state index in [1.54, 1.807) is 12.1 Å². The van der Waals surface area contributed by atoms with E-state index < -0.39 is 10.0 Å². The first-order chi connectivity index (χ1) is 14.1. The van der Waals surface area contributed by atoms with Gasteiger partial charge in [-0.1, -0.05) is 39.3 Å². The molecule has 170 valence electrons. The number of carbonyl (C=O) groups excluding carboxylic acids is 1. The van der Waals surface area contributed by atoms with Gasteiger partial charge in [-0.05, 0) is 68.8 Å². The number of hydrogen-bond donors (Lipinski definition) is 2. The van der Waals surface area contributed by atoms with Crippen molar-refractivity contribution in [2.45, 2.75) is 82.6 Å². The lowest BCUT2D eigenvalue weighted by Gasteiger charge is -2.33. The summed E-state index contributed by atoms with van der Waals surface area (Å²) in [7, 11) is -3.60. The molecule has 1 fully saturated rings. The van der Waals surface area contributed by atoms with Gasteiger partial charge in [0.15, 0.2) is 0 Å². The minimum absolute atomic E-state index is 0.0279. The largest absolute Gasteiger partial charge is 0.356 e. The number of hydrogen-bond acceptors (Lipinski definition) is 4. The Morgan fingerprint density at radius 3 is 2.43 bits per heavy atom. The maximum absolute atomic E-state index is 12.4. The van der Waals surface area contributed by atoms with Crippen LogP contribution in [0.5, 0.6) is 0 Å². The number of likely N-dealkylation sites (tertiary alicyclic amines) is 1. The van der Waals surface area contributed by atoms with E-state index >= 15 is 0 Å². The van der Waals surface area contributed by atoms with Gasteiger partial charge >= 0.3 is 0 Å². The van der Waals surface area contributed by atoms with E-state index in [4.69, 9.17) is 0 Å². The number of sulfonamides is 1. The standard InChI is InChI=1S/C23H39N3O3S/c1-19-9-5-7-17-26(19)18-8-6-15-24-22(27)14-16-25-30(28,29)21-12-10-20(11-13-21)23(2,3)4/h10-13,19,25H,5-9,14-18H2,1-4H3,(H,24,27). The predicted molar refractivity (Wildman–Crippen MR) is 122 cm³/mol. The molecule has 0 aliphatic carbocycles. The number of piperidine rings is 1. The van der Waals surface area contributed by atoms with E-state index in [1.165, 1.54) is 25.8 Å². The third-order valence-electron chi connectivity index (χ3n) is 5.81. The SMILES string of the molecule is CC1CCCCN1CCCCNC(=O)CCNS(=O)(=O)c1ccc(C(C)(C)C)cc1. The molecule has 30 heavy (non-hydrogen) atoms. The van der Waals surface area contributed by atoms with Crippen LogP contribution in [0.2, 0.25) is 0 Å². The molecular formula is C23H39N3O3S. The van der Waals surface area contributed by atoms with E-state index in [1.807, 2.05) is 12.1 Å². The first-order valence-electron chi connectivity index (χ1n) is 11.2. The Kier molecular flexibility index (Phi) is 9.31. The summed E-state index contributed by atoms with van der Waals surface area (Å²) in [6, 6.07) is 7.59. The summed E-state index contributed by atoms with van der Waals surface area (Å²) in [6.07, 6.45) is 6.07. The van der Waals surface area contributed by atoms with Crippen LogP contribution in [-0.2, 0) is 20.2 Å². The summed E-state index contributed by atoms with van der Waals surface area (Å²) in [5, 5.41) is 2.89. The molecule has 1 heterocycles. The van der Waals surface area contributed by atoms with Crippen LogP contribution in [0, 0.1) is 0 Å². The van der Waals surface area contributed by atoms with Gasteiger partial charge < -0.3 is 10.2 Å². The molecule has 2 N–H and O–H groups in total. The van der Waals surface area contributed by atoms with Gasteiger partial charge in [-0.2, -0.15) is 0 Å². The zero-order valence-corrected chi connectivity index (χ0v) is 19.9. The van der Waals surface area contributed by atoms with Crippen LogP contribution in [-0.4, -0.2) is 51.4 Å². The fourth-order valence-electron chi connectivity index (χ4n) is 3.76. The van der Waals surface area contributed by atoms with E-state index in [2.05, 4.69) is 42.6 Å². The summed E-state index contributed by atoms with van der Waals surface area (Å²) >= 11 is 0. The van der Waals surface area contributed by atoms with Crippen molar-refractivity contribution in [3.8, 4) is 0 Å². The van der Waals surface area contributed by atoms with Gasteiger partial charge in [0.25, 0.3) is 0 Å². The highest BCUT2D eigenvalue weighted by Gasteiger charge is 2.18. The smallest absolute Gasteiger partial charge is 0.240 e. The Morgan fingerprint density at radius 2 is 1.80 bits per heavy atom. The second-order valence-corrected chi connectivity index (χ2v) is 11.1. The first-order valence-corrected chi connectivity index (χ1v) is 12.7. The molecule has 0 aromatic heterocycles. The molecule has 0 spiro atoms. The Hall–Kier alpha value is -1.44. The molecule has 7 heteroatoms. The van der Waals surface area contributed by atoms with Crippen LogP contribution >= 0.6 is 0 Å². The minimum atomic E-state index is -3.60. The monoisotopic (exact) mass is 437 g/mol. The van der Waals surface area contributed by atoms with Crippen LogP contribution in [0.15, 0.2) is 29.2 Å². The zero-order valence-electron chi connectivity index (χ0n) is 19.0. The van der Waals surface area contributed by atoms with E-state index in [0.29, 0.717) is 12.6 Å². The first kappa shape index (κ1) is 24.8. The Bertz CT molecular complexity index is 770. The zero-order chi connectivity index (χ0) is 22.2. The molecule has 2 rings (SSSR count). The summed E-state index contributed by atoms with van der Waals surface area (Å²) in [6.45, 7) is 11.6. The molecule has 1 aromatic carbocycles. The lowest BCUT2D eigenvalue weighted by molar-refractivity contribution is -0.120. The molecule has 0 saturated carbocycles. The van der Waals surface area contributed by atoms with Crippen LogP contribution < -0.4 is 10.0 Å². The highest BCUT2D eigenvalue weighted by Crippen LogP contribution is 2.23.